The number of aryl methyl sites for hydroxylation is 1. The quantitative estimate of drug-likeness (QED) is 0.641. The number of hydrogen-bond donors (Lipinski definition) is 0. The minimum absolute atomic E-state index is 0.00881. The summed E-state index contributed by atoms with van der Waals surface area (Å²) in [6, 6.07) is 13.6. The Kier molecular flexibility index (Phi) is 6.20. The predicted molar refractivity (Wildman–Crippen MR) is 113 cm³/mol. The molecule has 2 aliphatic rings. The summed E-state index contributed by atoms with van der Waals surface area (Å²) in [6.45, 7) is 1.46. The van der Waals surface area contributed by atoms with Crippen LogP contribution >= 0.6 is 0 Å². The van der Waals surface area contributed by atoms with Gasteiger partial charge in [-0.15, -0.1) is 0 Å². The van der Waals surface area contributed by atoms with Gasteiger partial charge in [0.25, 0.3) is 0 Å². The lowest BCUT2D eigenvalue weighted by molar-refractivity contribution is -0.132. The molecule has 0 unspecified atom stereocenters. The maximum atomic E-state index is 14.0. The first-order valence-electron chi connectivity index (χ1n) is 10.6. The Labute approximate surface area is 177 Å². The Bertz CT molecular complexity index is 997. The number of carbonyl (C=O) groups is 1. The van der Waals surface area contributed by atoms with E-state index in [0.29, 0.717) is 42.9 Å². The Morgan fingerprint density at radius 2 is 1.70 bits per heavy atom. The van der Waals surface area contributed by atoms with Crippen LogP contribution in [0.3, 0.4) is 0 Å². The minimum Gasteiger partial charge on any atom is -0.335 e. The van der Waals surface area contributed by atoms with Gasteiger partial charge in [0.2, 0.25) is 15.9 Å². The molecule has 160 valence electrons. The molecule has 2 aromatic carbocycles. The lowest BCUT2D eigenvalue weighted by atomic mass is 10.1. The molecular weight excluding hydrogens is 403 g/mol. The fourth-order valence-corrected chi connectivity index (χ4v) is 5.43. The number of sulfonamides is 1. The second kappa shape index (κ2) is 8.86. The molecule has 0 radical (unpaired) electrons. The van der Waals surface area contributed by atoms with E-state index in [4.69, 9.17) is 0 Å². The molecule has 4 rings (SSSR count). The van der Waals surface area contributed by atoms with Crippen LogP contribution in [0.1, 0.15) is 43.2 Å². The van der Waals surface area contributed by atoms with E-state index in [1.165, 1.54) is 10.4 Å². The van der Waals surface area contributed by atoms with E-state index in [1.54, 1.807) is 47.4 Å². The van der Waals surface area contributed by atoms with Crippen LogP contribution in [0.2, 0.25) is 0 Å². The van der Waals surface area contributed by atoms with Gasteiger partial charge in [-0.1, -0.05) is 30.3 Å². The number of nitrogens with zero attached hydrogens (tertiary/aromatic N) is 2. The van der Waals surface area contributed by atoms with Crippen LogP contribution in [-0.4, -0.2) is 42.7 Å². The van der Waals surface area contributed by atoms with Crippen LogP contribution in [0.25, 0.3) is 0 Å². The number of hydrogen-bond acceptors (Lipinski definition) is 3. The van der Waals surface area contributed by atoms with Crippen LogP contribution in [0.15, 0.2) is 53.4 Å². The van der Waals surface area contributed by atoms with Crippen molar-refractivity contribution >= 4 is 15.9 Å². The van der Waals surface area contributed by atoms with E-state index in [9.17, 15) is 17.6 Å². The first-order valence-corrected chi connectivity index (χ1v) is 12.0. The summed E-state index contributed by atoms with van der Waals surface area (Å²) in [4.78, 5) is 14.9. The number of halogens is 1. The molecule has 2 fully saturated rings. The van der Waals surface area contributed by atoms with Crippen LogP contribution < -0.4 is 0 Å². The van der Waals surface area contributed by atoms with Crippen molar-refractivity contribution in [2.75, 3.05) is 13.1 Å². The molecule has 0 spiro atoms. The summed E-state index contributed by atoms with van der Waals surface area (Å²) in [6.07, 6.45) is 4.59. The third-order valence-corrected chi connectivity index (χ3v) is 7.77. The Balaban J connectivity index is 1.37. The van der Waals surface area contributed by atoms with Crippen LogP contribution in [0, 0.1) is 5.82 Å². The van der Waals surface area contributed by atoms with E-state index < -0.39 is 10.0 Å². The maximum Gasteiger partial charge on any atom is 0.243 e. The van der Waals surface area contributed by atoms with Gasteiger partial charge in [-0.2, -0.15) is 4.31 Å². The summed E-state index contributed by atoms with van der Waals surface area (Å²) in [7, 11) is -3.42. The van der Waals surface area contributed by atoms with Crippen molar-refractivity contribution in [2.24, 2.45) is 0 Å². The maximum absolute atomic E-state index is 14.0. The van der Waals surface area contributed by atoms with Crippen LogP contribution in [0.5, 0.6) is 0 Å². The van der Waals surface area contributed by atoms with Crippen molar-refractivity contribution in [1.29, 1.82) is 0 Å². The van der Waals surface area contributed by atoms with Gasteiger partial charge >= 0.3 is 0 Å². The van der Waals surface area contributed by atoms with Crippen molar-refractivity contribution in [3.63, 3.8) is 0 Å². The van der Waals surface area contributed by atoms with Crippen molar-refractivity contribution in [3.05, 3.63) is 65.5 Å². The molecule has 1 aliphatic carbocycles. The zero-order valence-corrected chi connectivity index (χ0v) is 17.8. The summed E-state index contributed by atoms with van der Waals surface area (Å²) in [5.74, 6) is -0.278. The van der Waals surface area contributed by atoms with Gasteiger partial charge in [0.1, 0.15) is 5.82 Å². The fraction of sp³-hybridized carbons (Fsp3) is 0.435. The molecule has 1 aliphatic heterocycles. The van der Waals surface area contributed by atoms with Gasteiger partial charge in [0.15, 0.2) is 0 Å². The summed E-state index contributed by atoms with van der Waals surface area (Å²) < 4.78 is 40.8. The van der Waals surface area contributed by atoms with E-state index in [2.05, 4.69) is 0 Å². The zero-order chi connectivity index (χ0) is 21.1. The SMILES string of the molecule is O=C(CCc1ccc(S(=O)(=O)N2CCCC2)cc1)N(Cc1ccccc1F)C1CC1. The monoisotopic (exact) mass is 430 g/mol. The average Bonchev–Trinajstić information content (AvgIpc) is 3.42. The van der Waals surface area contributed by atoms with E-state index in [0.717, 1.165) is 31.2 Å². The standard InChI is InChI=1S/C23H27FN2O3S/c24-22-6-2-1-5-19(22)17-26(20-10-11-20)23(27)14-9-18-7-12-21(13-8-18)30(28,29)25-15-3-4-16-25/h1-2,5-8,12-13,20H,3-4,9-11,14-17H2. The normalized spacial score (nSPS) is 17.2. The highest BCUT2D eigenvalue weighted by Crippen LogP contribution is 2.30. The molecule has 0 aromatic heterocycles. The van der Waals surface area contributed by atoms with Crippen LogP contribution in [-0.2, 0) is 27.8 Å². The Hall–Kier alpha value is -2.25. The smallest absolute Gasteiger partial charge is 0.243 e. The molecule has 30 heavy (non-hydrogen) atoms. The van der Waals surface area contributed by atoms with Gasteiger partial charge < -0.3 is 4.90 Å². The Morgan fingerprint density at radius 3 is 2.33 bits per heavy atom. The van der Waals surface area contributed by atoms with Gasteiger partial charge in [0, 0.05) is 37.7 Å². The molecule has 2 aromatic rings. The largest absolute Gasteiger partial charge is 0.335 e. The van der Waals surface area contributed by atoms with E-state index >= 15 is 0 Å². The molecular formula is C23H27FN2O3S. The van der Waals surface area contributed by atoms with Gasteiger partial charge in [0.05, 0.1) is 4.90 Å². The molecule has 1 amide bonds. The van der Waals surface area contributed by atoms with Gasteiger partial charge in [-0.25, -0.2) is 12.8 Å². The highest BCUT2D eigenvalue weighted by atomic mass is 32.2. The predicted octanol–water partition coefficient (Wildman–Crippen LogP) is 3.73. The first kappa shape index (κ1) is 21.0. The molecule has 0 N–H and O–H groups in total. The molecule has 7 heteroatoms. The zero-order valence-electron chi connectivity index (χ0n) is 17.0. The lowest BCUT2D eigenvalue weighted by Crippen LogP contribution is -2.33. The molecule has 0 bridgehead atoms. The van der Waals surface area contributed by atoms with Crippen molar-refractivity contribution in [3.8, 4) is 0 Å². The Morgan fingerprint density at radius 1 is 1.03 bits per heavy atom. The summed E-state index contributed by atoms with van der Waals surface area (Å²) >= 11 is 0. The fourth-order valence-electron chi connectivity index (χ4n) is 3.92. The number of rotatable bonds is 8. The van der Waals surface area contributed by atoms with E-state index in [1.807, 2.05) is 0 Å². The second-order valence-electron chi connectivity index (χ2n) is 8.10. The lowest BCUT2D eigenvalue weighted by Gasteiger charge is -2.23. The summed E-state index contributed by atoms with van der Waals surface area (Å²) in [5, 5.41) is 0. The highest BCUT2D eigenvalue weighted by Gasteiger charge is 2.32. The van der Waals surface area contributed by atoms with E-state index in [-0.39, 0.29) is 17.8 Å². The van der Waals surface area contributed by atoms with Crippen molar-refractivity contribution in [1.82, 2.24) is 9.21 Å². The molecule has 1 saturated heterocycles. The summed E-state index contributed by atoms with van der Waals surface area (Å²) in [5.41, 5.74) is 1.46. The number of benzene rings is 2. The van der Waals surface area contributed by atoms with Gasteiger partial charge in [-0.3, -0.25) is 4.79 Å². The number of carbonyl (C=O) groups excluding carboxylic acids is 1. The second-order valence-corrected chi connectivity index (χ2v) is 10.0. The third-order valence-electron chi connectivity index (χ3n) is 5.86. The highest BCUT2D eigenvalue weighted by molar-refractivity contribution is 7.89. The first-order chi connectivity index (χ1) is 14.4. The number of amides is 1. The molecule has 0 atom stereocenters. The molecule has 5 nitrogen and oxygen atoms in total. The molecule has 1 heterocycles. The van der Waals surface area contributed by atoms with Crippen molar-refractivity contribution < 1.29 is 17.6 Å². The average molecular weight is 431 g/mol. The minimum atomic E-state index is -3.42. The van der Waals surface area contributed by atoms with Crippen molar-refractivity contribution in [2.45, 2.75) is 56.0 Å². The molecule has 1 saturated carbocycles. The topological polar surface area (TPSA) is 57.7 Å². The van der Waals surface area contributed by atoms with Gasteiger partial charge in [-0.05, 0) is 55.9 Å². The third kappa shape index (κ3) is 4.73. The van der Waals surface area contributed by atoms with Crippen LogP contribution in [0.4, 0.5) is 4.39 Å².